The molecule has 0 amide bonds. The first kappa shape index (κ1) is 26.2. The first-order chi connectivity index (χ1) is 19.2. The van der Waals surface area contributed by atoms with Crippen molar-refractivity contribution in [3.63, 3.8) is 0 Å². The summed E-state index contributed by atoms with van der Waals surface area (Å²) in [4.78, 5) is 25.3. The molecule has 2 aromatic heterocycles. The SMILES string of the molecule is OCCN1CCN(c2cc(CC3CCC(Oc4cc(N5CCOCC5)cc5nccnc45)CC3)ncn2)CC1. The van der Waals surface area contributed by atoms with Gasteiger partial charge < -0.3 is 24.4 Å². The van der Waals surface area contributed by atoms with Gasteiger partial charge in [0.2, 0.25) is 0 Å². The summed E-state index contributed by atoms with van der Waals surface area (Å²) in [6.45, 7) is 7.99. The van der Waals surface area contributed by atoms with E-state index in [-0.39, 0.29) is 12.7 Å². The molecular weight excluding hydrogens is 494 g/mol. The monoisotopic (exact) mass is 533 g/mol. The van der Waals surface area contributed by atoms with E-state index in [1.54, 1.807) is 18.7 Å². The average Bonchev–Trinajstić information content (AvgIpc) is 2.99. The third-order valence-electron chi connectivity index (χ3n) is 8.31. The summed E-state index contributed by atoms with van der Waals surface area (Å²) in [7, 11) is 0. The molecule has 1 aromatic carbocycles. The Hall–Kier alpha value is -3.08. The number of β-amino-alcohol motifs (C(OH)–C–C–N with tert-alkyl or cyclic N) is 1. The highest BCUT2D eigenvalue weighted by molar-refractivity contribution is 5.85. The number of anilines is 2. The smallest absolute Gasteiger partial charge is 0.149 e. The van der Waals surface area contributed by atoms with Crippen molar-refractivity contribution in [3.05, 3.63) is 42.6 Å². The molecule has 208 valence electrons. The van der Waals surface area contributed by atoms with Crippen molar-refractivity contribution in [1.82, 2.24) is 24.8 Å². The number of aliphatic hydroxyl groups excluding tert-OH is 1. The molecule has 0 bridgehead atoms. The Morgan fingerprint density at radius 2 is 1.64 bits per heavy atom. The van der Waals surface area contributed by atoms with Crippen molar-refractivity contribution in [3.8, 4) is 5.75 Å². The van der Waals surface area contributed by atoms with E-state index < -0.39 is 0 Å². The van der Waals surface area contributed by atoms with Crippen LogP contribution in [0.1, 0.15) is 31.4 Å². The summed E-state index contributed by atoms with van der Waals surface area (Å²) in [5.41, 5.74) is 3.97. The minimum absolute atomic E-state index is 0.183. The fourth-order valence-electron chi connectivity index (χ4n) is 6.06. The van der Waals surface area contributed by atoms with Crippen LogP contribution in [-0.2, 0) is 11.2 Å². The van der Waals surface area contributed by atoms with Crippen LogP contribution in [0.5, 0.6) is 5.75 Å². The molecule has 2 saturated heterocycles. The zero-order chi connectivity index (χ0) is 26.4. The predicted octanol–water partition coefficient (Wildman–Crippen LogP) is 2.55. The van der Waals surface area contributed by atoms with E-state index in [1.807, 2.05) is 0 Å². The standard InChI is InChI=1S/C29H39N7O3/c37-14-11-34-7-9-36(10-8-34)28-18-23(32-21-33-28)17-22-1-3-25(4-2-22)39-27-20-24(35-12-15-38-16-13-35)19-26-29(27)31-6-5-30-26/h5-6,18-22,25,37H,1-4,7-17H2. The maximum atomic E-state index is 9.19. The van der Waals surface area contributed by atoms with E-state index >= 15 is 0 Å². The van der Waals surface area contributed by atoms with Gasteiger partial charge in [-0.1, -0.05) is 0 Å². The highest BCUT2D eigenvalue weighted by atomic mass is 16.5. The number of nitrogens with zero attached hydrogens (tertiary/aromatic N) is 7. The second kappa shape index (κ2) is 12.4. The number of aliphatic hydroxyl groups is 1. The molecule has 0 atom stereocenters. The molecule has 6 rings (SSSR count). The Morgan fingerprint density at radius 3 is 2.44 bits per heavy atom. The molecule has 1 N–H and O–H groups in total. The summed E-state index contributed by atoms with van der Waals surface area (Å²) in [5.74, 6) is 2.46. The Bertz CT molecular complexity index is 1220. The Kier molecular flexibility index (Phi) is 8.32. The lowest BCUT2D eigenvalue weighted by Crippen LogP contribution is -2.47. The molecule has 10 nitrogen and oxygen atoms in total. The third-order valence-corrected chi connectivity index (χ3v) is 8.31. The molecule has 0 unspecified atom stereocenters. The van der Waals surface area contributed by atoms with Crippen molar-refractivity contribution in [2.24, 2.45) is 5.92 Å². The second-order valence-electron chi connectivity index (χ2n) is 10.9. The zero-order valence-corrected chi connectivity index (χ0v) is 22.6. The normalized spacial score (nSPS) is 22.8. The maximum Gasteiger partial charge on any atom is 0.149 e. The lowest BCUT2D eigenvalue weighted by Gasteiger charge is -2.35. The van der Waals surface area contributed by atoms with Crippen LogP contribution in [0.4, 0.5) is 11.5 Å². The highest BCUT2D eigenvalue weighted by Gasteiger charge is 2.25. The number of fused-ring (bicyclic) bond motifs is 1. The fourth-order valence-corrected chi connectivity index (χ4v) is 6.06. The van der Waals surface area contributed by atoms with Gasteiger partial charge in [0.25, 0.3) is 0 Å². The van der Waals surface area contributed by atoms with E-state index in [1.165, 1.54) is 0 Å². The van der Waals surface area contributed by atoms with Gasteiger partial charge in [-0.15, -0.1) is 0 Å². The lowest BCUT2D eigenvalue weighted by molar-refractivity contribution is 0.122. The largest absolute Gasteiger partial charge is 0.488 e. The van der Waals surface area contributed by atoms with E-state index in [9.17, 15) is 5.11 Å². The molecule has 4 heterocycles. The number of piperazine rings is 1. The Labute approximate surface area is 230 Å². The van der Waals surface area contributed by atoms with Crippen LogP contribution in [0.15, 0.2) is 36.9 Å². The molecule has 3 aliphatic rings. The fraction of sp³-hybridized carbons (Fsp3) is 0.586. The summed E-state index contributed by atoms with van der Waals surface area (Å²) < 4.78 is 12.2. The number of benzene rings is 1. The number of aromatic nitrogens is 4. The van der Waals surface area contributed by atoms with Gasteiger partial charge in [-0.2, -0.15) is 0 Å². The number of hydrogen-bond donors (Lipinski definition) is 1. The molecule has 0 radical (unpaired) electrons. The molecule has 0 spiro atoms. The van der Waals surface area contributed by atoms with Crippen molar-refractivity contribution >= 4 is 22.5 Å². The predicted molar refractivity (Wildman–Crippen MR) is 150 cm³/mol. The highest BCUT2D eigenvalue weighted by Crippen LogP contribution is 2.34. The van der Waals surface area contributed by atoms with E-state index in [0.29, 0.717) is 5.92 Å². The van der Waals surface area contributed by atoms with Gasteiger partial charge in [0.05, 0.1) is 31.4 Å². The van der Waals surface area contributed by atoms with Crippen molar-refractivity contribution in [2.75, 3.05) is 75.4 Å². The number of ether oxygens (including phenoxy) is 2. The molecule has 39 heavy (non-hydrogen) atoms. The first-order valence-electron chi connectivity index (χ1n) is 14.4. The number of hydrogen-bond acceptors (Lipinski definition) is 10. The van der Waals surface area contributed by atoms with Gasteiger partial charge in [-0.3, -0.25) is 9.88 Å². The summed E-state index contributed by atoms with van der Waals surface area (Å²) in [5, 5.41) is 9.19. The molecule has 10 heteroatoms. The third kappa shape index (κ3) is 6.40. The van der Waals surface area contributed by atoms with E-state index in [4.69, 9.17) is 9.47 Å². The number of rotatable bonds is 8. The number of morpholine rings is 1. The van der Waals surface area contributed by atoms with E-state index in [2.05, 4.69) is 52.8 Å². The van der Waals surface area contributed by atoms with Gasteiger partial charge >= 0.3 is 0 Å². The van der Waals surface area contributed by atoms with Gasteiger partial charge in [0.15, 0.2) is 0 Å². The summed E-state index contributed by atoms with van der Waals surface area (Å²) >= 11 is 0. The minimum Gasteiger partial charge on any atom is -0.488 e. The average molecular weight is 534 g/mol. The van der Waals surface area contributed by atoms with Crippen LogP contribution in [0.2, 0.25) is 0 Å². The van der Waals surface area contributed by atoms with Crippen LogP contribution < -0.4 is 14.5 Å². The van der Waals surface area contributed by atoms with Gasteiger partial charge in [0.1, 0.15) is 23.4 Å². The topological polar surface area (TPSA) is 100.0 Å². The second-order valence-corrected chi connectivity index (χ2v) is 10.9. The van der Waals surface area contributed by atoms with Crippen LogP contribution in [0, 0.1) is 5.92 Å². The summed E-state index contributed by atoms with van der Waals surface area (Å²) in [6, 6.07) is 6.43. The Morgan fingerprint density at radius 1 is 0.846 bits per heavy atom. The van der Waals surface area contributed by atoms with Gasteiger partial charge in [0, 0.05) is 81.7 Å². The zero-order valence-electron chi connectivity index (χ0n) is 22.6. The quantitative estimate of drug-likeness (QED) is 0.465. The minimum atomic E-state index is 0.183. The van der Waals surface area contributed by atoms with Gasteiger partial charge in [-0.05, 0) is 44.1 Å². The van der Waals surface area contributed by atoms with Gasteiger partial charge in [-0.25, -0.2) is 15.0 Å². The molecule has 1 saturated carbocycles. The van der Waals surface area contributed by atoms with Crippen LogP contribution >= 0.6 is 0 Å². The van der Waals surface area contributed by atoms with Crippen LogP contribution in [-0.4, -0.2) is 102 Å². The maximum absolute atomic E-state index is 9.19. The molecule has 3 aromatic rings. The van der Waals surface area contributed by atoms with Crippen molar-refractivity contribution in [2.45, 2.75) is 38.2 Å². The Balaban J connectivity index is 1.06. The molecule has 1 aliphatic carbocycles. The molecule has 2 aliphatic heterocycles. The molecule has 3 fully saturated rings. The van der Waals surface area contributed by atoms with Crippen LogP contribution in [0.25, 0.3) is 11.0 Å². The lowest BCUT2D eigenvalue weighted by atomic mass is 9.84. The van der Waals surface area contributed by atoms with Crippen molar-refractivity contribution < 1.29 is 14.6 Å². The van der Waals surface area contributed by atoms with E-state index in [0.717, 1.165) is 125 Å². The molecular formula is C29H39N7O3. The van der Waals surface area contributed by atoms with Crippen LogP contribution in [0.3, 0.4) is 0 Å². The summed E-state index contributed by atoms with van der Waals surface area (Å²) in [6.07, 6.45) is 10.7. The van der Waals surface area contributed by atoms with Crippen molar-refractivity contribution in [1.29, 1.82) is 0 Å². The first-order valence-corrected chi connectivity index (χ1v) is 14.4.